The van der Waals surface area contributed by atoms with Gasteiger partial charge in [0.25, 0.3) is 0 Å². The molecular weight excluding hydrogens is 326 g/mol. The minimum Gasteiger partial charge on any atom is -0.461 e. The molecule has 124 valence electrons. The number of carbonyl (C=O) groups is 1. The van der Waals surface area contributed by atoms with Crippen molar-refractivity contribution in [2.24, 2.45) is 5.92 Å². The fourth-order valence-electron chi connectivity index (χ4n) is 2.17. The predicted molar refractivity (Wildman–Crippen MR) is 79.4 cm³/mol. The number of hydrogen-bond acceptors (Lipinski definition) is 4. The van der Waals surface area contributed by atoms with Crippen LogP contribution >= 0.6 is 0 Å². The van der Waals surface area contributed by atoms with E-state index >= 15 is 0 Å². The van der Waals surface area contributed by atoms with E-state index in [-0.39, 0.29) is 12.5 Å². The Kier molecular flexibility index (Phi) is 5.37. The second-order valence-corrected chi connectivity index (χ2v) is 7.32. The average Bonchev–Trinajstić information content (AvgIpc) is 3.31. The Labute approximate surface area is 133 Å². The molecule has 1 fully saturated rings. The molecule has 1 aromatic carbocycles. The van der Waals surface area contributed by atoms with Crippen LogP contribution in [0.25, 0.3) is 0 Å². The van der Waals surface area contributed by atoms with E-state index in [1.807, 2.05) is 0 Å². The maximum Gasteiger partial charge on any atom is 0.341 e. The van der Waals surface area contributed by atoms with Gasteiger partial charge in [-0.1, -0.05) is 12.1 Å². The summed E-state index contributed by atoms with van der Waals surface area (Å²) in [6, 6.07) is 4.77. The lowest BCUT2D eigenvalue weighted by atomic mass is 10.1. The third-order valence-electron chi connectivity index (χ3n) is 3.58. The van der Waals surface area contributed by atoms with Gasteiger partial charge in [0.15, 0.2) is 0 Å². The number of rotatable bonds is 7. The van der Waals surface area contributed by atoms with Crippen LogP contribution in [0.15, 0.2) is 29.2 Å². The first kappa shape index (κ1) is 17.4. The first-order chi connectivity index (χ1) is 10.8. The summed E-state index contributed by atoms with van der Waals surface area (Å²) in [5.74, 6) is -1.15. The van der Waals surface area contributed by atoms with Crippen LogP contribution in [0.4, 0.5) is 8.78 Å². The Hall–Kier alpha value is -1.94. The summed E-state index contributed by atoms with van der Waals surface area (Å²) >= 11 is 0. The summed E-state index contributed by atoms with van der Waals surface area (Å²) in [6.45, 7) is 0. The van der Waals surface area contributed by atoms with E-state index < -0.39 is 26.5 Å². The molecule has 0 radical (unpaired) electrons. The molecular formula is C16H16F2O4S. The second-order valence-electron chi connectivity index (χ2n) is 5.40. The Morgan fingerprint density at radius 2 is 1.91 bits per heavy atom. The smallest absolute Gasteiger partial charge is 0.341 e. The normalized spacial score (nSPS) is 15.9. The first-order valence-corrected chi connectivity index (χ1v) is 8.63. The lowest BCUT2D eigenvalue weighted by Gasteiger charge is -2.14. The standard InChI is InChI=1S/C16H16F2O4S/c1-2-3-14(12-6-7-12)22-15(19)10-11-4-8-13(9-5-11)23(20,21)16(17)18/h1,4-5,8-9,12,14,16H,3,6-7,10H2. The Balaban J connectivity index is 1.98. The molecule has 4 nitrogen and oxygen atoms in total. The third kappa shape index (κ3) is 4.52. The summed E-state index contributed by atoms with van der Waals surface area (Å²) in [4.78, 5) is 11.4. The second kappa shape index (κ2) is 7.09. The van der Waals surface area contributed by atoms with Crippen molar-refractivity contribution in [1.82, 2.24) is 0 Å². The number of halogens is 2. The molecule has 0 aliphatic heterocycles. The van der Waals surface area contributed by atoms with Gasteiger partial charge in [-0.05, 0) is 36.5 Å². The highest BCUT2D eigenvalue weighted by Gasteiger charge is 2.33. The largest absolute Gasteiger partial charge is 0.461 e. The van der Waals surface area contributed by atoms with Crippen LogP contribution < -0.4 is 0 Å². The number of benzene rings is 1. The van der Waals surface area contributed by atoms with Crippen molar-refractivity contribution < 1.29 is 26.7 Å². The predicted octanol–water partition coefficient (Wildman–Crippen LogP) is 2.57. The highest BCUT2D eigenvalue weighted by Crippen LogP contribution is 2.35. The summed E-state index contributed by atoms with van der Waals surface area (Å²) in [6.07, 6.45) is 7.23. The van der Waals surface area contributed by atoms with Crippen molar-refractivity contribution >= 4 is 15.8 Å². The Morgan fingerprint density at radius 3 is 2.39 bits per heavy atom. The molecule has 1 saturated carbocycles. The quantitative estimate of drug-likeness (QED) is 0.564. The zero-order valence-electron chi connectivity index (χ0n) is 12.2. The maximum absolute atomic E-state index is 12.4. The number of hydrogen-bond donors (Lipinski definition) is 0. The van der Waals surface area contributed by atoms with E-state index in [1.165, 1.54) is 12.1 Å². The van der Waals surface area contributed by atoms with Crippen LogP contribution in [-0.2, 0) is 25.8 Å². The molecule has 2 rings (SSSR count). The van der Waals surface area contributed by atoms with Gasteiger partial charge >= 0.3 is 11.7 Å². The fourth-order valence-corrected chi connectivity index (χ4v) is 2.89. The Bertz CT molecular complexity index is 701. The average molecular weight is 342 g/mol. The van der Waals surface area contributed by atoms with E-state index in [2.05, 4.69) is 5.92 Å². The van der Waals surface area contributed by atoms with Crippen LogP contribution in [0.1, 0.15) is 24.8 Å². The van der Waals surface area contributed by atoms with E-state index in [4.69, 9.17) is 11.2 Å². The van der Waals surface area contributed by atoms with E-state index in [9.17, 15) is 22.0 Å². The maximum atomic E-state index is 12.4. The molecule has 0 bridgehead atoms. The molecule has 0 N–H and O–H groups in total. The lowest BCUT2D eigenvalue weighted by molar-refractivity contribution is -0.149. The number of sulfone groups is 1. The zero-order chi connectivity index (χ0) is 17.0. The Morgan fingerprint density at radius 1 is 1.30 bits per heavy atom. The number of terminal acetylenes is 1. The number of carbonyl (C=O) groups excluding carboxylic acids is 1. The van der Waals surface area contributed by atoms with Crippen molar-refractivity contribution in [2.75, 3.05) is 0 Å². The molecule has 1 atom stereocenters. The highest BCUT2D eigenvalue weighted by molar-refractivity contribution is 7.91. The summed E-state index contributed by atoms with van der Waals surface area (Å²) in [7, 11) is -4.62. The molecule has 7 heteroatoms. The number of ether oxygens (including phenoxy) is 1. The van der Waals surface area contributed by atoms with Crippen molar-refractivity contribution in [1.29, 1.82) is 0 Å². The van der Waals surface area contributed by atoms with Crippen LogP contribution in [0.3, 0.4) is 0 Å². The van der Waals surface area contributed by atoms with Gasteiger partial charge in [0, 0.05) is 6.42 Å². The molecule has 1 aliphatic carbocycles. The van der Waals surface area contributed by atoms with Crippen LogP contribution in [0.5, 0.6) is 0 Å². The number of alkyl halides is 2. The molecule has 0 spiro atoms. The van der Waals surface area contributed by atoms with Crippen LogP contribution in [-0.4, -0.2) is 26.2 Å². The zero-order valence-corrected chi connectivity index (χ0v) is 13.1. The van der Waals surface area contributed by atoms with Crippen molar-refractivity contribution in [3.8, 4) is 12.3 Å². The lowest BCUT2D eigenvalue weighted by Crippen LogP contribution is -2.21. The summed E-state index contributed by atoms with van der Waals surface area (Å²) < 4.78 is 52.8. The topological polar surface area (TPSA) is 60.4 Å². The molecule has 0 amide bonds. The van der Waals surface area contributed by atoms with Crippen molar-refractivity contribution in [2.45, 2.75) is 42.4 Å². The van der Waals surface area contributed by atoms with Gasteiger partial charge in [-0.15, -0.1) is 12.3 Å². The molecule has 0 saturated heterocycles. The van der Waals surface area contributed by atoms with Gasteiger partial charge in [-0.3, -0.25) is 4.79 Å². The highest BCUT2D eigenvalue weighted by atomic mass is 32.2. The van der Waals surface area contributed by atoms with Crippen LogP contribution in [0.2, 0.25) is 0 Å². The molecule has 1 unspecified atom stereocenters. The molecule has 23 heavy (non-hydrogen) atoms. The van der Waals surface area contributed by atoms with Gasteiger partial charge < -0.3 is 4.74 Å². The minimum atomic E-state index is -4.62. The molecule has 0 heterocycles. The van der Waals surface area contributed by atoms with Gasteiger partial charge in [-0.2, -0.15) is 8.78 Å². The monoisotopic (exact) mass is 342 g/mol. The summed E-state index contributed by atoms with van der Waals surface area (Å²) in [5, 5.41) is 0. The van der Waals surface area contributed by atoms with Crippen molar-refractivity contribution in [3.05, 3.63) is 29.8 Å². The molecule has 0 aromatic heterocycles. The number of esters is 1. The fraction of sp³-hybridized carbons (Fsp3) is 0.438. The van der Waals surface area contributed by atoms with Gasteiger partial charge in [0.2, 0.25) is 9.84 Å². The van der Waals surface area contributed by atoms with Crippen LogP contribution in [0, 0.1) is 18.3 Å². The van der Waals surface area contributed by atoms with Crippen molar-refractivity contribution in [3.63, 3.8) is 0 Å². The first-order valence-electron chi connectivity index (χ1n) is 7.08. The third-order valence-corrected chi connectivity index (χ3v) is 4.98. The van der Waals surface area contributed by atoms with Gasteiger partial charge in [-0.25, -0.2) is 8.42 Å². The van der Waals surface area contributed by atoms with E-state index in [1.54, 1.807) is 0 Å². The SMILES string of the molecule is C#CCC(OC(=O)Cc1ccc(S(=O)(=O)C(F)F)cc1)C1CC1. The van der Waals surface area contributed by atoms with E-state index in [0.29, 0.717) is 17.9 Å². The summed E-state index contributed by atoms with van der Waals surface area (Å²) in [5.41, 5.74) is 0.485. The molecule has 1 aliphatic rings. The van der Waals surface area contributed by atoms with E-state index in [0.717, 1.165) is 25.0 Å². The minimum absolute atomic E-state index is 0.0667. The van der Waals surface area contributed by atoms with Gasteiger partial charge in [0.05, 0.1) is 11.3 Å². The molecule has 1 aromatic rings. The van der Waals surface area contributed by atoms with Gasteiger partial charge in [0.1, 0.15) is 6.10 Å².